The van der Waals surface area contributed by atoms with Gasteiger partial charge in [0.15, 0.2) is 0 Å². The van der Waals surface area contributed by atoms with Gasteiger partial charge < -0.3 is 24.3 Å². The fourth-order valence-corrected chi connectivity index (χ4v) is 4.08. The standard InChI is InChI=1S/C23H28N4O3/c1-26-20-7-5-4-6-19(20)25-23(26)27-12-10-16(11-13-27)22(28)24-15-17-8-9-18(29-2)14-21(17)30-3/h4-9,14,16H,10-13,15H2,1-3H3,(H,24,28). The first-order chi connectivity index (χ1) is 14.6. The molecule has 1 aromatic heterocycles. The Kier molecular flexibility index (Phi) is 5.79. The van der Waals surface area contributed by atoms with E-state index in [1.54, 1.807) is 14.2 Å². The van der Waals surface area contributed by atoms with Gasteiger partial charge in [0.2, 0.25) is 11.9 Å². The van der Waals surface area contributed by atoms with Crippen molar-refractivity contribution in [1.29, 1.82) is 0 Å². The number of anilines is 1. The molecule has 0 bridgehead atoms. The number of methoxy groups -OCH3 is 2. The largest absolute Gasteiger partial charge is 0.497 e. The maximum absolute atomic E-state index is 12.7. The lowest BCUT2D eigenvalue weighted by Gasteiger charge is -2.32. The number of nitrogens with zero attached hydrogens (tertiary/aromatic N) is 3. The lowest BCUT2D eigenvalue weighted by atomic mass is 9.96. The molecular formula is C23H28N4O3. The minimum absolute atomic E-state index is 0.0141. The van der Waals surface area contributed by atoms with E-state index in [2.05, 4.69) is 20.9 Å². The Balaban J connectivity index is 1.35. The van der Waals surface area contributed by atoms with Gasteiger partial charge in [-0.1, -0.05) is 12.1 Å². The second kappa shape index (κ2) is 8.65. The van der Waals surface area contributed by atoms with Crippen LogP contribution >= 0.6 is 0 Å². The highest BCUT2D eigenvalue weighted by Crippen LogP contribution is 2.27. The van der Waals surface area contributed by atoms with E-state index in [-0.39, 0.29) is 11.8 Å². The second-order valence-electron chi connectivity index (χ2n) is 7.62. The Morgan fingerprint density at radius 3 is 2.60 bits per heavy atom. The van der Waals surface area contributed by atoms with Crippen molar-refractivity contribution in [2.45, 2.75) is 19.4 Å². The molecule has 0 atom stereocenters. The lowest BCUT2D eigenvalue weighted by molar-refractivity contribution is -0.125. The van der Waals surface area contributed by atoms with Gasteiger partial charge in [-0.15, -0.1) is 0 Å². The highest BCUT2D eigenvalue weighted by Gasteiger charge is 2.27. The minimum Gasteiger partial charge on any atom is -0.497 e. The number of carbonyl (C=O) groups is 1. The first kappa shape index (κ1) is 20.1. The summed E-state index contributed by atoms with van der Waals surface area (Å²) >= 11 is 0. The normalized spacial score (nSPS) is 14.7. The second-order valence-corrected chi connectivity index (χ2v) is 7.62. The number of imidazole rings is 1. The van der Waals surface area contributed by atoms with Gasteiger partial charge in [-0.2, -0.15) is 0 Å². The van der Waals surface area contributed by atoms with E-state index in [1.807, 2.05) is 43.4 Å². The third-order valence-electron chi connectivity index (χ3n) is 5.86. The third kappa shape index (κ3) is 3.92. The Bertz CT molecular complexity index is 1040. The number of rotatable bonds is 6. The summed E-state index contributed by atoms with van der Waals surface area (Å²) in [6, 6.07) is 13.8. The summed E-state index contributed by atoms with van der Waals surface area (Å²) in [5.41, 5.74) is 3.06. The summed E-state index contributed by atoms with van der Waals surface area (Å²) in [6.07, 6.45) is 1.63. The number of benzene rings is 2. The van der Waals surface area contributed by atoms with E-state index in [0.717, 1.165) is 54.2 Å². The minimum atomic E-state index is 0.0141. The molecule has 158 valence electrons. The number of nitrogens with one attached hydrogen (secondary N) is 1. The summed E-state index contributed by atoms with van der Waals surface area (Å²) in [7, 11) is 5.29. The van der Waals surface area contributed by atoms with Crippen molar-refractivity contribution in [3.05, 3.63) is 48.0 Å². The van der Waals surface area contributed by atoms with E-state index in [0.29, 0.717) is 12.3 Å². The van der Waals surface area contributed by atoms with Crippen LogP contribution in [-0.4, -0.2) is 42.8 Å². The smallest absolute Gasteiger partial charge is 0.223 e. The summed E-state index contributed by atoms with van der Waals surface area (Å²) < 4.78 is 12.8. The van der Waals surface area contributed by atoms with Crippen LogP contribution in [0.25, 0.3) is 11.0 Å². The van der Waals surface area contributed by atoms with Crippen LogP contribution in [0.15, 0.2) is 42.5 Å². The first-order valence-electron chi connectivity index (χ1n) is 10.3. The van der Waals surface area contributed by atoms with Crippen molar-refractivity contribution in [3.8, 4) is 11.5 Å². The molecular weight excluding hydrogens is 380 g/mol. The van der Waals surface area contributed by atoms with Crippen LogP contribution in [-0.2, 0) is 18.4 Å². The SMILES string of the molecule is COc1ccc(CNC(=O)C2CCN(c3nc4ccccc4n3C)CC2)c(OC)c1. The molecule has 0 saturated carbocycles. The van der Waals surface area contributed by atoms with Gasteiger partial charge in [0.25, 0.3) is 0 Å². The zero-order valence-electron chi connectivity index (χ0n) is 17.7. The number of piperidine rings is 1. The predicted molar refractivity (Wildman–Crippen MR) is 117 cm³/mol. The highest BCUT2D eigenvalue weighted by molar-refractivity contribution is 5.80. The maximum atomic E-state index is 12.7. The van der Waals surface area contributed by atoms with Crippen LogP contribution in [0.3, 0.4) is 0 Å². The average Bonchev–Trinajstić information content (AvgIpc) is 3.14. The third-order valence-corrected chi connectivity index (χ3v) is 5.86. The fourth-order valence-electron chi connectivity index (χ4n) is 4.08. The molecule has 1 aliphatic rings. The van der Waals surface area contributed by atoms with Gasteiger partial charge in [-0.25, -0.2) is 4.98 Å². The van der Waals surface area contributed by atoms with Crippen molar-refractivity contribution in [2.24, 2.45) is 13.0 Å². The number of aryl methyl sites for hydroxylation is 1. The van der Waals surface area contributed by atoms with Gasteiger partial charge in [0.05, 0.1) is 25.3 Å². The quantitative estimate of drug-likeness (QED) is 0.679. The van der Waals surface area contributed by atoms with E-state index in [9.17, 15) is 4.79 Å². The maximum Gasteiger partial charge on any atom is 0.223 e. The molecule has 1 saturated heterocycles. The lowest BCUT2D eigenvalue weighted by Crippen LogP contribution is -2.41. The topological polar surface area (TPSA) is 68.6 Å². The van der Waals surface area contributed by atoms with E-state index >= 15 is 0 Å². The number of hydrogen-bond donors (Lipinski definition) is 1. The van der Waals surface area contributed by atoms with E-state index in [1.165, 1.54) is 0 Å². The number of fused-ring (bicyclic) bond motifs is 1. The van der Waals surface area contributed by atoms with Crippen molar-refractivity contribution < 1.29 is 14.3 Å². The Hall–Kier alpha value is -3.22. The van der Waals surface area contributed by atoms with Gasteiger partial charge in [-0.05, 0) is 37.1 Å². The number of amides is 1. The Morgan fingerprint density at radius 1 is 1.13 bits per heavy atom. The summed E-state index contributed by atoms with van der Waals surface area (Å²) in [5, 5.41) is 3.07. The van der Waals surface area contributed by atoms with Crippen LogP contribution < -0.4 is 19.7 Å². The Labute approximate surface area is 176 Å². The molecule has 7 nitrogen and oxygen atoms in total. The zero-order valence-corrected chi connectivity index (χ0v) is 17.7. The molecule has 3 aromatic rings. The number of ether oxygens (including phenoxy) is 2. The van der Waals surface area contributed by atoms with Crippen LogP contribution in [0.1, 0.15) is 18.4 Å². The molecule has 0 spiro atoms. The molecule has 0 unspecified atom stereocenters. The van der Waals surface area contributed by atoms with Crippen molar-refractivity contribution >= 4 is 22.9 Å². The van der Waals surface area contributed by atoms with Gasteiger partial charge in [-0.3, -0.25) is 4.79 Å². The first-order valence-corrected chi connectivity index (χ1v) is 10.3. The summed E-state index contributed by atoms with van der Waals surface area (Å²) in [4.78, 5) is 19.8. The monoisotopic (exact) mass is 408 g/mol. The molecule has 1 amide bonds. The molecule has 0 radical (unpaired) electrons. The van der Waals surface area contributed by atoms with Crippen LogP contribution in [0.4, 0.5) is 5.95 Å². The number of carbonyl (C=O) groups excluding carboxylic acids is 1. The molecule has 1 fully saturated rings. The van der Waals surface area contributed by atoms with E-state index in [4.69, 9.17) is 14.5 Å². The van der Waals surface area contributed by atoms with Crippen LogP contribution in [0, 0.1) is 5.92 Å². The van der Waals surface area contributed by atoms with Gasteiger partial charge in [0.1, 0.15) is 11.5 Å². The zero-order chi connectivity index (χ0) is 21.1. The molecule has 2 aromatic carbocycles. The number of para-hydroxylation sites is 2. The summed E-state index contributed by atoms with van der Waals surface area (Å²) in [6.45, 7) is 2.08. The molecule has 1 N–H and O–H groups in total. The van der Waals surface area contributed by atoms with Crippen molar-refractivity contribution in [3.63, 3.8) is 0 Å². The van der Waals surface area contributed by atoms with E-state index < -0.39 is 0 Å². The summed E-state index contributed by atoms with van der Waals surface area (Å²) in [5.74, 6) is 2.53. The average molecular weight is 409 g/mol. The fraction of sp³-hybridized carbons (Fsp3) is 0.391. The van der Waals surface area contributed by atoms with Gasteiger partial charge in [0, 0.05) is 44.2 Å². The predicted octanol–water partition coefficient (Wildman–Crippen LogP) is 3.12. The van der Waals surface area contributed by atoms with Gasteiger partial charge >= 0.3 is 0 Å². The highest BCUT2D eigenvalue weighted by atomic mass is 16.5. The van der Waals surface area contributed by atoms with Crippen molar-refractivity contribution in [2.75, 3.05) is 32.2 Å². The molecule has 0 aliphatic carbocycles. The Morgan fingerprint density at radius 2 is 1.90 bits per heavy atom. The molecule has 7 heteroatoms. The molecule has 30 heavy (non-hydrogen) atoms. The molecule has 2 heterocycles. The number of hydrogen-bond acceptors (Lipinski definition) is 5. The van der Waals surface area contributed by atoms with Crippen LogP contribution in [0.5, 0.6) is 11.5 Å². The van der Waals surface area contributed by atoms with Crippen LogP contribution in [0.2, 0.25) is 0 Å². The molecule has 1 aliphatic heterocycles. The van der Waals surface area contributed by atoms with Crippen molar-refractivity contribution in [1.82, 2.24) is 14.9 Å². The molecule has 4 rings (SSSR count). The number of aromatic nitrogens is 2.